The topological polar surface area (TPSA) is 20.3 Å². The van der Waals surface area contributed by atoms with E-state index in [9.17, 15) is 4.79 Å². The quantitative estimate of drug-likeness (QED) is 0.772. The second kappa shape index (κ2) is 4.93. The van der Waals surface area contributed by atoms with Crippen LogP contribution in [-0.4, -0.2) is 29.1 Å². The Hall–Kier alpha value is -0.930. The van der Waals surface area contributed by atoms with E-state index in [1.54, 1.807) is 16.7 Å². The molecule has 84 valence electrons. The van der Waals surface area contributed by atoms with Crippen molar-refractivity contribution in [2.45, 2.75) is 10.1 Å². The molecule has 1 saturated heterocycles. The van der Waals surface area contributed by atoms with Gasteiger partial charge in [0.25, 0.3) is 0 Å². The summed E-state index contributed by atoms with van der Waals surface area (Å²) in [6.45, 7) is 5.08. The number of carbonyl (C=O) groups excluding carboxylic acids is 1. The molecule has 0 aliphatic carbocycles. The first-order valence-corrected chi connectivity index (χ1v) is 6.28. The number of halogens is 1. The van der Waals surface area contributed by atoms with Crippen molar-refractivity contribution in [1.82, 2.24) is 4.90 Å². The lowest BCUT2D eigenvalue weighted by Crippen LogP contribution is -2.51. The van der Waals surface area contributed by atoms with E-state index < -0.39 is 0 Å². The average Bonchev–Trinajstić information content (AvgIpc) is 2.24. The standard InChI is InChI=1S/C12H12ClNOS/c1-2-12(15)14-7-11(8-14)16-10-5-3-9(13)4-6-10/h2-6,11H,1,7-8H2. The summed E-state index contributed by atoms with van der Waals surface area (Å²) in [6.07, 6.45) is 1.36. The molecule has 1 aliphatic rings. The van der Waals surface area contributed by atoms with Gasteiger partial charge in [-0.1, -0.05) is 18.2 Å². The summed E-state index contributed by atoms with van der Waals surface area (Å²) in [5, 5.41) is 1.24. The molecule has 1 aliphatic heterocycles. The second-order valence-corrected chi connectivity index (χ2v) is 5.45. The summed E-state index contributed by atoms with van der Waals surface area (Å²) >= 11 is 7.59. The molecular weight excluding hydrogens is 242 g/mol. The predicted octanol–water partition coefficient (Wildman–Crippen LogP) is 2.83. The van der Waals surface area contributed by atoms with E-state index in [1.165, 1.54) is 11.0 Å². The van der Waals surface area contributed by atoms with Crippen molar-refractivity contribution in [2.24, 2.45) is 0 Å². The number of likely N-dealkylation sites (tertiary alicyclic amines) is 1. The van der Waals surface area contributed by atoms with Gasteiger partial charge in [0.15, 0.2) is 0 Å². The average molecular weight is 254 g/mol. The van der Waals surface area contributed by atoms with Gasteiger partial charge in [-0.2, -0.15) is 0 Å². The van der Waals surface area contributed by atoms with Crippen LogP contribution in [0.4, 0.5) is 0 Å². The fourth-order valence-corrected chi connectivity index (χ4v) is 2.84. The maximum atomic E-state index is 11.2. The Morgan fingerprint density at radius 2 is 2.06 bits per heavy atom. The van der Waals surface area contributed by atoms with Gasteiger partial charge in [0.05, 0.1) is 0 Å². The third-order valence-electron chi connectivity index (χ3n) is 2.45. The molecule has 0 radical (unpaired) electrons. The molecule has 1 heterocycles. The molecule has 0 bridgehead atoms. The SMILES string of the molecule is C=CC(=O)N1CC(Sc2ccc(Cl)cc2)C1. The third kappa shape index (κ3) is 2.60. The third-order valence-corrected chi connectivity index (χ3v) is 3.88. The van der Waals surface area contributed by atoms with Crippen LogP contribution in [0, 0.1) is 0 Å². The van der Waals surface area contributed by atoms with Crippen LogP contribution in [0.1, 0.15) is 0 Å². The summed E-state index contributed by atoms with van der Waals surface area (Å²) in [5.74, 6) is 0.0213. The molecule has 16 heavy (non-hydrogen) atoms. The molecule has 1 aromatic carbocycles. The molecular formula is C12H12ClNOS. The summed E-state index contributed by atoms with van der Waals surface area (Å²) in [7, 11) is 0. The first-order valence-electron chi connectivity index (χ1n) is 5.02. The van der Waals surface area contributed by atoms with E-state index in [4.69, 9.17) is 11.6 Å². The Bertz CT molecular complexity index is 398. The zero-order chi connectivity index (χ0) is 11.5. The van der Waals surface area contributed by atoms with Crippen molar-refractivity contribution in [3.63, 3.8) is 0 Å². The molecule has 0 atom stereocenters. The van der Waals surface area contributed by atoms with Crippen LogP contribution in [0.15, 0.2) is 41.8 Å². The van der Waals surface area contributed by atoms with E-state index in [0.717, 1.165) is 18.1 Å². The van der Waals surface area contributed by atoms with Gasteiger partial charge in [-0.05, 0) is 30.3 Å². The van der Waals surface area contributed by atoms with Crippen LogP contribution >= 0.6 is 23.4 Å². The maximum absolute atomic E-state index is 11.2. The van der Waals surface area contributed by atoms with Gasteiger partial charge in [-0.25, -0.2) is 0 Å². The van der Waals surface area contributed by atoms with E-state index in [-0.39, 0.29) is 5.91 Å². The number of hydrogen-bond donors (Lipinski definition) is 0. The zero-order valence-electron chi connectivity index (χ0n) is 8.73. The van der Waals surface area contributed by atoms with Crippen LogP contribution in [0.25, 0.3) is 0 Å². The number of benzene rings is 1. The number of amides is 1. The highest BCUT2D eigenvalue weighted by Crippen LogP contribution is 2.30. The van der Waals surface area contributed by atoms with E-state index in [2.05, 4.69) is 6.58 Å². The smallest absolute Gasteiger partial charge is 0.246 e. The highest BCUT2D eigenvalue weighted by atomic mass is 35.5. The first-order chi connectivity index (χ1) is 7.69. The van der Waals surface area contributed by atoms with Gasteiger partial charge >= 0.3 is 0 Å². The molecule has 4 heteroatoms. The normalized spacial score (nSPS) is 15.7. The van der Waals surface area contributed by atoms with Crippen LogP contribution in [-0.2, 0) is 4.79 Å². The molecule has 2 nitrogen and oxygen atoms in total. The van der Waals surface area contributed by atoms with Gasteiger partial charge < -0.3 is 4.90 Å². The minimum absolute atomic E-state index is 0.0213. The lowest BCUT2D eigenvalue weighted by molar-refractivity contribution is -0.128. The molecule has 0 spiro atoms. The highest BCUT2D eigenvalue weighted by Gasteiger charge is 2.29. The number of rotatable bonds is 3. The van der Waals surface area contributed by atoms with Crippen molar-refractivity contribution in [2.75, 3.05) is 13.1 Å². The van der Waals surface area contributed by atoms with Crippen molar-refractivity contribution in [3.8, 4) is 0 Å². The highest BCUT2D eigenvalue weighted by molar-refractivity contribution is 8.00. The minimum atomic E-state index is 0.0213. The molecule has 2 rings (SSSR count). The lowest BCUT2D eigenvalue weighted by atomic mass is 10.2. The second-order valence-electron chi connectivity index (χ2n) is 3.64. The monoisotopic (exact) mass is 253 g/mol. The summed E-state index contributed by atoms with van der Waals surface area (Å²) < 4.78 is 0. The van der Waals surface area contributed by atoms with Gasteiger partial charge in [0.2, 0.25) is 5.91 Å². The zero-order valence-corrected chi connectivity index (χ0v) is 10.3. The number of thioether (sulfide) groups is 1. The molecule has 0 saturated carbocycles. The molecule has 1 fully saturated rings. The van der Waals surface area contributed by atoms with Crippen LogP contribution in [0.3, 0.4) is 0 Å². The molecule has 1 amide bonds. The van der Waals surface area contributed by atoms with Crippen molar-refractivity contribution in [1.29, 1.82) is 0 Å². The van der Waals surface area contributed by atoms with E-state index in [0.29, 0.717) is 5.25 Å². The van der Waals surface area contributed by atoms with Crippen LogP contribution in [0.2, 0.25) is 5.02 Å². The van der Waals surface area contributed by atoms with Crippen molar-refractivity contribution >= 4 is 29.3 Å². The van der Waals surface area contributed by atoms with Crippen molar-refractivity contribution < 1.29 is 4.79 Å². The van der Waals surface area contributed by atoms with Gasteiger partial charge in [0, 0.05) is 28.3 Å². The molecule has 0 N–H and O–H groups in total. The molecule has 0 unspecified atom stereocenters. The minimum Gasteiger partial charge on any atom is -0.337 e. The Labute approximate surface area is 104 Å². The fraction of sp³-hybridized carbons (Fsp3) is 0.250. The Morgan fingerprint density at radius 1 is 1.44 bits per heavy atom. The van der Waals surface area contributed by atoms with Crippen molar-refractivity contribution in [3.05, 3.63) is 41.9 Å². The number of carbonyl (C=O) groups is 1. The Kier molecular flexibility index (Phi) is 3.56. The maximum Gasteiger partial charge on any atom is 0.246 e. The Morgan fingerprint density at radius 3 is 2.62 bits per heavy atom. The summed E-state index contributed by atoms with van der Waals surface area (Å²) in [6, 6.07) is 7.78. The van der Waals surface area contributed by atoms with Crippen LogP contribution in [0.5, 0.6) is 0 Å². The van der Waals surface area contributed by atoms with E-state index in [1.807, 2.05) is 24.3 Å². The van der Waals surface area contributed by atoms with Gasteiger partial charge in [0.1, 0.15) is 0 Å². The number of hydrogen-bond acceptors (Lipinski definition) is 2. The largest absolute Gasteiger partial charge is 0.337 e. The molecule has 0 aromatic heterocycles. The lowest BCUT2D eigenvalue weighted by Gasteiger charge is -2.38. The summed E-state index contributed by atoms with van der Waals surface area (Å²) in [5.41, 5.74) is 0. The molecule has 1 aromatic rings. The Balaban J connectivity index is 1.83. The fourth-order valence-electron chi connectivity index (χ4n) is 1.53. The number of nitrogens with zero attached hydrogens (tertiary/aromatic N) is 1. The predicted molar refractivity (Wildman–Crippen MR) is 67.9 cm³/mol. The van der Waals surface area contributed by atoms with Crippen LogP contribution < -0.4 is 0 Å². The van der Waals surface area contributed by atoms with Gasteiger partial charge in [-0.15, -0.1) is 11.8 Å². The van der Waals surface area contributed by atoms with E-state index >= 15 is 0 Å². The van der Waals surface area contributed by atoms with Gasteiger partial charge in [-0.3, -0.25) is 4.79 Å². The first kappa shape index (κ1) is 11.6. The summed E-state index contributed by atoms with van der Waals surface area (Å²) in [4.78, 5) is 14.2.